The van der Waals surface area contributed by atoms with E-state index in [1.807, 2.05) is 29.6 Å². The van der Waals surface area contributed by atoms with E-state index in [9.17, 15) is 4.79 Å². The Balaban J connectivity index is 1.90. The van der Waals surface area contributed by atoms with Crippen LogP contribution in [0.25, 0.3) is 0 Å². The summed E-state index contributed by atoms with van der Waals surface area (Å²) in [6.45, 7) is 3.91. The van der Waals surface area contributed by atoms with Crippen molar-refractivity contribution in [3.8, 4) is 0 Å². The number of carbonyl (C=O) groups is 1. The van der Waals surface area contributed by atoms with Crippen molar-refractivity contribution in [1.29, 1.82) is 0 Å². The third kappa shape index (κ3) is 5.17. The highest BCUT2D eigenvalue weighted by molar-refractivity contribution is 7.13. The van der Waals surface area contributed by atoms with Gasteiger partial charge in [0.25, 0.3) is 0 Å². The van der Waals surface area contributed by atoms with E-state index in [1.165, 1.54) is 0 Å². The van der Waals surface area contributed by atoms with Gasteiger partial charge in [-0.15, -0.1) is 11.3 Å². The third-order valence-corrected chi connectivity index (χ3v) is 3.65. The number of rotatable bonds is 8. The van der Waals surface area contributed by atoms with Crippen molar-refractivity contribution < 1.29 is 9.90 Å². The van der Waals surface area contributed by atoms with Gasteiger partial charge in [0.2, 0.25) is 0 Å². The number of aliphatic carboxylic acids is 1. The minimum absolute atomic E-state index is 0.0464. The average Bonchev–Trinajstić information content (AvgIpc) is 2.88. The summed E-state index contributed by atoms with van der Waals surface area (Å²) in [6.07, 6.45) is 1.16. The van der Waals surface area contributed by atoms with E-state index in [1.54, 1.807) is 11.3 Å². The molecule has 5 nitrogen and oxygen atoms in total. The predicted molar refractivity (Wildman–Crippen MR) is 85.2 cm³/mol. The van der Waals surface area contributed by atoms with Crippen LogP contribution < -0.4 is 10.6 Å². The Bertz CT molecular complexity index is 581. The van der Waals surface area contributed by atoms with Crippen LogP contribution in [0.3, 0.4) is 0 Å². The lowest BCUT2D eigenvalue weighted by Crippen LogP contribution is -2.13. The van der Waals surface area contributed by atoms with Crippen LogP contribution in [-0.4, -0.2) is 22.6 Å². The minimum Gasteiger partial charge on any atom is -0.481 e. The Hall–Kier alpha value is -1.92. The first-order valence-corrected chi connectivity index (χ1v) is 7.78. The van der Waals surface area contributed by atoms with E-state index in [4.69, 9.17) is 5.11 Å². The zero-order valence-corrected chi connectivity index (χ0v) is 12.7. The molecule has 0 aliphatic heterocycles. The largest absolute Gasteiger partial charge is 0.481 e. The van der Waals surface area contributed by atoms with Crippen molar-refractivity contribution in [2.75, 3.05) is 11.9 Å². The number of aromatic nitrogens is 1. The SMILES string of the molecule is CCCNCc1csc(Nc2ccc(CC(=O)O)cc2)n1. The summed E-state index contributed by atoms with van der Waals surface area (Å²) < 4.78 is 0. The lowest BCUT2D eigenvalue weighted by atomic mass is 10.1. The van der Waals surface area contributed by atoms with Crippen LogP contribution >= 0.6 is 11.3 Å². The van der Waals surface area contributed by atoms with Crippen LogP contribution in [0, 0.1) is 0 Å². The fourth-order valence-electron chi connectivity index (χ4n) is 1.84. The molecule has 0 saturated heterocycles. The molecule has 1 aromatic carbocycles. The number of nitrogens with one attached hydrogen (secondary N) is 2. The smallest absolute Gasteiger partial charge is 0.307 e. The van der Waals surface area contributed by atoms with Crippen LogP contribution in [0.4, 0.5) is 10.8 Å². The Labute approximate surface area is 128 Å². The number of nitrogens with zero attached hydrogens (tertiary/aromatic N) is 1. The van der Waals surface area contributed by atoms with E-state index < -0.39 is 5.97 Å². The number of carboxylic acid groups (broad SMARTS) is 1. The second kappa shape index (κ2) is 7.75. The number of hydrogen-bond acceptors (Lipinski definition) is 5. The van der Waals surface area contributed by atoms with Gasteiger partial charge in [-0.1, -0.05) is 19.1 Å². The lowest BCUT2D eigenvalue weighted by molar-refractivity contribution is -0.136. The summed E-state index contributed by atoms with van der Waals surface area (Å²) in [6, 6.07) is 7.37. The molecule has 3 N–H and O–H groups in total. The average molecular weight is 305 g/mol. The van der Waals surface area contributed by atoms with Gasteiger partial charge >= 0.3 is 5.97 Å². The van der Waals surface area contributed by atoms with Crippen LogP contribution in [0.15, 0.2) is 29.6 Å². The first kappa shape index (κ1) is 15.5. The molecule has 0 fully saturated rings. The van der Waals surface area contributed by atoms with Gasteiger partial charge in [0.15, 0.2) is 5.13 Å². The number of thiazole rings is 1. The van der Waals surface area contributed by atoms with Gasteiger partial charge in [0, 0.05) is 17.6 Å². The summed E-state index contributed by atoms with van der Waals surface area (Å²) in [5.74, 6) is -0.820. The molecular weight excluding hydrogens is 286 g/mol. The first-order valence-electron chi connectivity index (χ1n) is 6.90. The van der Waals surface area contributed by atoms with E-state index in [-0.39, 0.29) is 6.42 Å². The number of hydrogen-bond donors (Lipinski definition) is 3. The van der Waals surface area contributed by atoms with Crippen LogP contribution in [0.1, 0.15) is 24.6 Å². The first-order chi connectivity index (χ1) is 10.2. The highest BCUT2D eigenvalue weighted by atomic mass is 32.1. The molecule has 0 unspecified atom stereocenters. The Morgan fingerprint density at radius 1 is 1.33 bits per heavy atom. The van der Waals surface area contributed by atoms with E-state index >= 15 is 0 Å². The fourth-order valence-corrected chi connectivity index (χ4v) is 2.57. The lowest BCUT2D eigenvalue weighted by Gasteiger charge is -2.04. The van der Waals surface area contributed by atoms with Crippen molar-refractivity contribution in [3.05, 3.63) is 40.9 Å². The third-order valence-electron chi connectivity index (χ3n) is 2.85. The molecule has 1 heterocycles. The summed E-state index contributed by atoms with van der Waals surface area (Å²) in [7, 11) is 0. The monoisotopic (exact) mass is 305 g/mol. The second-order valence-electron chi connectivity index (χ2n) is 4.71. The van der Waals surface area contributed by atoms with Crippen LogP contribution in [0.5, 0.6) is 0 Å². The number of benzene rings is 1. The zero-order valence-electron chi connectivity index (χ0n) is 11.9. The van der Waals surface area contributed by atoms with Gasteiger partial charge in [0.1, 0.15) is 0 Å². The molecule has 0 saturated carbocycles. The highest BCUT2D eigenvalue weighted by Gasteiger charge is 2.03. The van der Waals surface area contributed by atoms with Gasteiger partial charge in [-0.2, -0.15) is 0 Å². The molecule has 0 spiro atoms. The molecule has 21 heavy (non-hydrogen) atoms. The van der Waals surface area contributed by atoms with E-state index in [0.717, 1.165) is 41.6 Å². The molecule has 0 radical (unpaired) electrons. The topological polar surface area (TPSA) is 74.2 Å². The molecule has 2 rings (SSSR count). The van der Waals surface area contributed by atoms with Crippen molar-refractivity contribution in [3.63, 3.8) is 0 Å². The quantitative estimate of drug-likeness (QED) is 0.654. The maximum absolute atomic E-state index is 10.6. The van der Waals surface area contributed by atoms with Gasteiger partial charge in [-0.25, -0.2) is 4.98 Å². The molecule has 0 atom stereocenters. The van der Waals surface area contributed by atoms with Crippen molar-refractivity contribution in [2.24, 2.45) is 0 Å². The summed E-state index contributed by atoms with van der Waals surface area (Å²) in [4.78, 5) is 15.1. The van der Waals surface area contributed by atoms with E-state index in [0.29, 0.717) is 0 Å². The molecule has 112 valence electrons. The highest BCUT2D eigenvalue weighted by Crippen LogP contribution is 2.21. The van der Waals surface area contributed by atoms with E-state index in [2.05, 4.69) is 22.5 Å². The van der Waals surface area contributed by atoms with Crippen molar-refractivity contribution in [1.82, 2.24) is 10.3 Å². The number of anilines is 2. The van der Waals surface area contributed by atoms with Gasteiger partial charge in [0.05, 0.1) is 12.1 Å². The molecule has 2 aromatic rings. The molecule has 0 aliphatic carbocycles. The normalized spacial score (nSPS) is 10.5. The maximum Gasteiger partial charge on any atom is 0.307 e. The molecular formula is C15H19N3O2S. The van der Waals surface area contributed by atoms with Gasteiger partial charge < -0.3 is 15.7 Å². The summed E-state index contributed by atoms with van der Waals surface area (Å²) in [5, 5.41) is 18.1. The summed E-state index contributed by atoms with van der Waals surface area (Å²) >= 11 is 1.56. The van der Waals surface area contributed by atoms with Gasteiger partial charge in [-0.05, 0) is 30.7 Å². The maximum atomic E-state index is 10.6. The number of carboxylic acids is 1. The van der Waals surface area contributed by atoms with Crippen LogP contribution in [-0.2, 0) is 17.8 Å². The predicted octanol–water partition coefficient (Wildman–Crippen LogP) is 3.01. The molecule has 0 aliphatic rings. The summed E-state index contributed by atoms with van der Waals surface area (Å²) in [5.41, 5.74) is 2.72. The Morgan fingerprint density at radius 3 is 2.76 bits per heavy atom. The molecule has 0 bridgehead atoms. The zero-order chi connectivity index (χ0) is 15.1. The van der Waals surface area contributed by atoms with Crippen molar-refractivity contribution >= 4 is 28.1 Å². The Kier molecular flexibility index (Phi) is 5.71. The Morgan fingerprint density at radius 2 is 2.10 bits per heavy atom. The second-order valence-corrected chi connectivity index (χ2v) is 5.57. The molecule has 1 aromatic heterocycles. The minimum atomic E-state index is -0.820. The fraction of sp³-hybridized carbons (Fsp3) is 0.333. The standard InChI is InChI=1S/C15H19N3O2S/c1-2-7-16-9-13-10-21-15(18-13)17-12-5-3-11(4-6-12)8-14(19)20/h3-6,10,16H,2,7-9H2,1H3,(H,17,18)(H,19,20). The van der Waals surface area contributed by atoms with Gasteiger partial charge in [-0.3, -0.25) is 4.79 Å². The van der Waals surface area contributed by atoms with Crippen molar-refractivity contribution in [2.45, 2.75) is 26.3 Å². The van der Waals surface area contributed by atoms with Crippen LogP contribution in [0.2, 0.25) is 0 Å². The molecule has 0 amide bonds. The molecule has 6 heteroatoms.